The molecule has 130 valence electrons. The van der Waals surface area contributed by atoms with Gasteiger partial charge in [-0.2, -0.15) is 0 Å². The molecular weight excluding hydrogens is 348 g/mol. The van der Waals surface area contributed by atoms with Crippen LogP contribution in [0.25, 0.3) is 20.2 Å². The molecule has 0 bridgehead atoms. The maximum absolute atomic E-state index is 6.16. The Hall–Kier alpha value is -3.04. The largest absolute Gasteiger partial charge is 0.399 e. The van der Waals surface area contributed by atoms with Crippen molar-refractivity contribution in [2.24, 2.45) is 5.73 Å². The molecule has 1 aliphatic carbocycles. The molecule has 2 nitrogen and oxygen atoms in total. The van der Waals surface area contributed by atoms with Crippen molar-refractivity contribution < 1.29 is 0 Å². The molecule has 2 N–H and O–H groups in total. The van der Waals surface area contributed by atoms with Gasteiger partial charge in [0.15, 0.2) is 0 Å². The van der Waals surface area contributed by atoms with Gasteiger partial charge in [-0.3, -0.25) is 0 Å². The van der Waals surface area contributed by atoms with Crippen molar-refractivity contribution in [1.29, 1.82) is 0 Å². The first kappa shape index (κ1) is 15.1. The fourth-order valence-corrected chi connectivity index (χ4v) is 5.66. The van der Waals surface area contributed by atoms with Gasteiger partial charge in [0.05, 0.1) is 6.04 Å². The van der Waals surface area contributed by atoms with E-state index in [9.17, 15) is 0 Å². The number of nitrogens with zero attached hydrogens (tertiary/aromatic N) is 1. The number of hydrogen-bond donors (Lipinski definition) is 1. The summed E-state index contributed by atoms with van der Waals surface area (Å²) in [5.74, 6) is 0.291. The summed E-state index contributed by atoms with van der Waals surface area (Å²) in [6.07, 6.45) is 6.51. The molecular formula is C24H18N2S. The Balaban J connectivity index is 1.66. The van der Waals surface area contributed by atoms with Crippen LogP contribution < -0.4 is 10.6 Å². The average molecular weight is 366 g/mol. The Bertz CT molecular complexity index is 1250. The Labute approximate surface area is 161 Å². The van der Waals surface area contributed by atoms with Crippen LogP contribution >= 0.6 is 11.3 Å². The summed E-state index contributed by atoms with van der Waals surface area (Å²) < 4.78 is 2.70. The number of allylic oxidation sites excluding steroid dienone is 1. The highest BCUT2D eigenvalue weighted by Gasteiger charge is 2.38. The molecule has 2 atom stereocenters. The second-order valence-corrected chi connectivity index (χ2v) is 8.34. The van der Waals surface area contributed by atoms with Gasteiger partial charge in [-0.15, -0.1) is 11.3 Å². The highest BCUT2D eigenvalue weighted by molar-refractivity contribution is 7.25. The molecule has 3 aromatic carbocycles. The van der Waals surface area contributed by atoms with Crippen molar-refractivity contribution in [3.8, 4) is 0 Å². The summed E-state index contributed by atoms with van der Waals surface area (Å²) in [4.78, 5) is 2.46. The van der Waals surface area contributed by atoms with Gasteiger partial charge in [0.25, 0.3) is 0 Å². The molecule has 1 aromatic heterocycles. The van der Waals surface area contributed by atoms with Crippen molar-refractivity contribution in [1.82, 2.24) is 0 Å². The average Bonchev–Trinajstić information content (AvgIpc) is 3.22. The highest BCUT2D eigenvalue weighted by atomic mass is 32.1. The molecule has 3 heteroatoms. The van der Waals surface area contributed by atoms with Crippen LogP contribution in [0.1, 0.15) is 11.5 Å². The molecule has 0 radical (unpaired) electrons. The highest BCUT2D eigenvalue weighted by Crippen LogP contribution is 2.51. The van der Waals surface area contributed by atoms with Gasteiger partial charge in [-0.25, -0.2) is 0 Å². The van der Waals surface area contributed by atoms with Crippen molar-refractivity contribution >= 4 is 42.9 Å². The summed E-state index contributed by atoms with van der Waals surface area (Å²) in [7, 11) is 0. The SMILES string of the molecule is NC1=CC2c3cc4sc5ccccc5c4cc3N(c3ccccc3)C2C=C1. The summed E-state index contributed by atoms with van der Waals surface area (Å²) in [5.41, 5.74) is 10.9. The van der Waals surface area contributed by atoms with E-state index < -0.39 is 0 Å². The molecule has 1 aliphatic heterocycles. The van der Waals surface area contributed by atoms with Crippen LogP contribution in [0, 0.1) is 0 Å². The molecule has 27 heavy (non-hydrogen) atoms. The zero-order valence-corrected chi connectivity index (χ0v) is 15.5. The van der Waals surface area contributed by atoms with Gasteiger partial charge in [0, 0.05) is 43.2 Å². The van der Waals surface area contributed by atoms with E-state index in [1.807, 2.05) is 17.4 Å². The van der Waals surface area contributed by atoms with Crippen molar-refractivity contribution in [3.05, 3.63) is 96.2 Å². The van der Waals surface area contributed by atoms with Crippen LogP contribution in [0.15, 0.2) is 90.7 Å². The zero-order chi connectivity index (χ0) is 18.0. The topological polar surface area (TPSA) is 29.3 Å². The van der Waals surface area contributed by atoms with E-state index in [1.54, 1.807) is 0 Å². The van der Waals surface area contributed by atoms with Crippen LogP contribution in [-0.2, 0) is 0 Å². The molecule has 0 amide bonds. The van der Waals surface area contributed by atoms with Gasteiger partial charge in [0.2, 0.25) is 0 Å². The number of anilines is 2. The quantitative estimate of drug-likeness (QED) is 0.443. The van der Waals surface area contributed by atoms with Crippen LogP contribution in [0.4, 0.5) is 11.4 Å². The summed E-state index contributed by atoms with van der Waals surface area (Å²) in [6.45, 7) is 0. The van der Waals surface area contributed by atoms with E-state index in [-0.39, 0.29) is 6.04 Å². The lowest BCUT2D eigenvalue weighted by atomic mass is 9.90. The molecule has 2 aliphatic rings. The minimum atomic E-state index is 0.275. The smallest absolute Gasteiger partial charge is 0.0631 e. The molecule has 0 saturated carbocycles. The summed E-state index contributed by atoms with van der Waals surface area (Å²) in [5, 5.41) is 2.68. The standard InChI is InChI=1S/C24H18N2S/c25-15-10-11-21-18(12-15)19-14-24-20(17-8-4-5-9-23(17)27-24)13-22(19)26(21)16-6-2-1-3-7-16/h1-14,18,21H,25H2. The molecule has 2 heterocycles. The molecule has 4 aromatic rings. The molecule has 0 spiro atoms. The third kappa shape index (κ3) is 2.12. The van der Waals surface area contributed by atoms with E-state index in [4.69, 9.17) is 5.73 Å². The number of benzene rings is 3. The van der Waals surface area contributed by atoms with Gasteiger partial charge in [-0.05, 0) is 42.0 Å². The number of rotatable bonds is 1. The van der Waals surface area contributed by atoms with E-state index >= 15 is 0 Å². The number of hydrogen-bond acceptors (Lipinski definition) is 3. The van der Waals surface area contributed by atoms with Crippen molar-refractivity contribution in [2.45, 2.75) is 12.0 Å². The minimum absolute atomic E-state index is 0.275. The predicted molar refractivity (Wildman–Crippen MR) is 116 cm³/mol. The van der Waals surface area contributed by atoms with E-state index in [1.165, 1.54) is 37.1 Å². The zero-order valence-electron chi connectivity index (χ0n) is 14.7. The first-order chi connectivity index (χ1) is 13.3. The van der Waals surface area contributed by atoms with Crippen LogP contribution in [0.3, 0.4) is 0 Å². The Morgan fingerprint density at radius 2 is 1.67 bits per heavy atom. The predicted octanol–water partition coefficient (Wildman–Crippen LogP) is 6.07. The number of para-hydroxylation sites is 1. The van der Waals surface area contributed by atoms with Crippen LogP contribution in [0.2, 0.25) is 0 Å². The van der Waals surface area contributed by atoms with Gasteiger partial charge < -0.3 is 10.6 Å². The number of fused-ring (bicyclic) bond motifs is 6. The van der Waals surface area contributed by atoms with Gasteiger partial charge in [-0.1, -0.05) is 48.6 Å². The van der Waals surface area contributed by atoms with E-state index in [0.29, 0.717) is 5.92 Å². The van der Waals surface area contributed by atoms with Crippen LogP contribution in [-0.4, -0.2) is 6.04 Å². The minimum Gasteiger partial charge on any atom is -0.399 e. The van der Waals surface area contributed by atoms with Crippen molar-refractivity contribution in [3.63, 3.8) is 0 Å². The first-order valence-corrected chi connectivity index (χ1v) is 10.1. The monoisotopic (exact) mass is 366 g/mol. The molecule has 2 unspecified atom stereocenters. The normalized spacial score (nSPS) is 20.7. The van der Waals surface area contributed by atoms with Gasteiger partial charge in [0.1, 0.15) is 0 Å². The maximum Gasteiger partial charge on any atom is 0.0631 e. The molecule has 0 fully saturated rings. The third-order valence-electron chi connectivity index (χ3n) is 5.70. The molecule has 0 saturated heterocycles. The van der Waals surface area contributed by atoms with Crippen LogP contribution in [0.5, 0.6) is 0 Å². The van der Waals surface area contributed by atoms with Gasteiger partial charge >= 0.3 is 0 Å². The van der Waals surface area contributed by atoms with E-state index in [2.05, 4.69) is 83.8 Å². The fourth-order valence-electron chi connectivity index (χ4n) is 4.52. The summed E-state index contributed by atoms with van der Waals surface area (Å²) >= 11 is 1.88. The first-order valence-electron chi connectivity index (χ1n) is 9.24. The summed E-state index contributed by atoms with van der Waals surface area (Å²) in [6, 6.07) is 24.4. The lowest BCUT2D eigenvalue weighted by Gasteiger charge is -2.29. The number of nitrogens with two attached hydrogens (primary N) is 1. The Kier molecular flexibility index (Phi) is 3.06. The lowest BCUT2D eigenvalue weighted by Crippen LogP contribution is -2.29. The number of thiophene rings is 1. The Morgan fingerprint density at radius 1 is 0.852 bits per heavy atom. The second kappa shape index (κ2) is 5.48. The second-order valence-electron chi connectivity index (χ2n) is 7.25. The lowest BCUT2D eigenvalue weighted by molar-refractivity contribution is 0.737. The maximum atomic E-state index is 6.16. The fraction of sp³-hybridized carbons (Fsp3) is 0.0833. The van der Waals surface area contributed by atoms with E-state index in [0.717, 1.165) is 5.70 Å². The molecule has 6 rings (SSSR count). The Morgan fingerprint density at radius 3 is 2.56 bits per heavy atom. The van der Waals surface area contributed by atoms with Crippen molar-refractivity contribution in [2.75, 3.05) is 4.90 Å². The third-order valence-corrected chi connectivity index (χ3v) is 6.84.